The standard InChI is InChI=1S/C16H26N2O2/c19-15(10-18-1-3-20-4-2-18)17-16-13-6-11-5-12(8-13)9-14(16)7-11/h11-14,16H,1-10H2,(H,17,19)/p+1. The smallest absolute Gasteiger partial charge is 0.275 e. The fourth-order valence-corrected chi connectivity index (χ4v) is 5.46. The van der Waals surface area contributed by atoms with E-state index in [-0.39, 0.29) is 5.91 Å². The molecule has 20 heavy (non-hydrogen) atoms. The Labute approximate surface area is 121 Å². The summed E-state index contributed by atoms with van der Waals surface area (Å²) in [6, 6.07) is 0.496. The monoisotopic (exact) mass is 279 g/mol. The van der Waals surface area contributed by atoms with Crippen LogP contribution >= 0.6 is 0 Å². The first-order valence-corrected chi connectivity index (χ1v) is 8.48. The minimum Gasteiger partial charge on any atom is -0.370 e. The van der Waals surface area contributed by atoms with E-state index in [0.717, 1.165) is 50.0 Å². The molecule has 1 amide bonds. The van der Waals surface area contributed by atoms with Crippen molar-refractivity contribution in [2.45, 2.75) is 38.1 Å². The van der Waals surface area contributed by atoms with Gasteiger partial charge < -0.3 is 15.0 Å². The van der Waals surface area contributed by atoms with Crippen LogP contribution in [-0.2, 0) is 9.53 Å². The van der Waals surface area contributed by atoms with Crippen molar-refractivity contribution < 1.29 is 14.4 Å². The molecule has 4 aliphatic carbocycles. The molecule has 4 nitrogen and oxygen atoms in total. The van der Waals surface area contributed by atoms with Crippen LogP contribution in [0, 0.1) is 23.7 Å². The molecular formula is C16H27N2O2+. The maximum Gasteiger partial charge on any atom is 0.275 e. The highest BCUT2D eigenvalue weighted by Gasteiger charge is 2.48. The Hall–Kier alpha value is -0.610. The predicted octanol–water partition coefficient (Wildman–Crippen LogP) is -0.158. The summed E-state index contributed by atoms with van der Waals surface area (Å²) in [6.45, 7) is 4.22. The van der Waals surface area contributed by atoms with Crippen molar-refractivity contribution >= 4 is 5.91 Å². The van der Waals surface area contributed by atoms with Crippen molar-refractivity contribution in [2.75, 3.05) is 32.8 Å². The maximum atomic E-state index is 12.3. The van der Waals surface area contributed by atoms with Crippen molar-refractivity contribution in [2.24, 2.45) is 23.7 Å². The van der Waals surface area contributed by atoms with Gasteiger partial charge in [-0.1, -0.05) is 0 Å². The topological polar surface area (TPSA) is 42.8 Å². The third-order valence-electron chi connectivity index (χ3n) is 6.16. The average molecular weight is 279 g/mol. The Bertz CT molecular complexity index is 351. The zero-order valence-corrected chi connectivity index (χ0v) is 12.3. The Morgan fingerprint density at radius 2 is 1.60 bits per heavy atom. The molecule has 112 valence electrons. The van der Waals surface area contributed by atoms with Gasteiger partial charge in [0.15, 0.2) is 6.54 Å². The molecule has 5 aliphatic rings. The molecule has 0 atom stereocenters. The molecule has 0 aromatic rings. The van der Waals surface area contributed by atoms with Crippen LogP contribution in [0.2, 0.25) is 0 Å². The van der Waals surface area contributed by atoms with Gasteiger partial charge in [0.2, 0.25) is 0 Å². The van der Waals surface area contributed by atoms with E-state index in [4.69, 9.17) is 4.74 Å². The quantitative estimate of drug-likeness (QED) is 0.754. The van der Waals surface area contributed by atoms with Gasteiger partial charge in [0.25, 0.3) is 5.91 Å². The van der Waals surface area contributed by atoms with Crippen LogP contribution in [0.15, 0.2) is 0 Å². The van der Waals surface area contributed by atoms with Crippen LogP contribution in [0.3, 0.4) is 0 Å². The van der Waals surface area contributed by atoms with Gasteiger partial charge in [0.05, 0.1) is 13.2 Å². The largest absolute Gasteiger partial charge is 0.370 e. The first-order valence-electron chi connectivity index (χ1n) is 8.48. The number of amides is 1. The van der Waals surface area contributed by atoms with Crippen LogP contribution in [-0.4, -0.2) is 44.8 Å². The van der Waals surface area contributed by atoms with Gasteiger partial charge in [-0.05, 0) is 55.8 Å². The van der Waals surface area contributed by atoms with Gasteiger partial charge in [-0.15, -0.1) is 0 Å². The maximum absolute atomic E-state index is 12.3. The van der Waals surface area contributed by atoms with Crippen LogP contribution < -0.4 is 10.2 Å². The number of nitrogens with one attached hydrogen (secondary N) is 2. The number of rotatable bonds is 3. The van der Waals surface area contributed by atoms with Gasteiger partial charge in [0, 0.05) is 6.04 Å². The van der Waals surface area contributed by atoms with Crippen molar-refractivity contribution in [1.29, 1.82) is 0 Å². The van der Waals surface area contributed by atoms with Crippen LogP contribution in [0.5, 0.6) is 0 Å². The van der Waals surface area contributed by atoms with E-state index < -0.39 is 0 Å². The number of morpholine rings is 1. The summed E-state index contributed by atoms with van der Waals surface area (Å²) in [7, 11) is 0. The molecule has 4 saturated carbocycles. The van der Waals surface area contributed by atoms with Crippen molar-refractivity contribution in [1.82, 2.24) is 5.32 Å². The second kappa shape index (κ2) is 5.30. The van der Waals surface area contributed by atoms with Gasteiger partial charge in [-0.2, -0.15) is 0 Å². The molecule has 1 heterocycles. The van der Waals surface area contributed by atoms with Gasteiger partial charge in [-0.25, -0.2) is 0 Å². The third kappa shape index (κ3) is 2.48. The molecule has 0 aromatic heterocycles. The van der Waals surface area contributed by atoms with Gasteiger partial charge >= 0.3 is 0 Å². The van der Waals surface area contributed by atoms with Crippen LogP contribution in [0.1, 0.15) is 32.1 Å². The summed E-state index contributed by atoms with van der Waals surface area (Å²) in [5.41, 5.74) is 0. The molecule has 4 heteroatoms. The van der Waals surface area contributed by atoms with E-state index in [1.165, 1.54) is 37.0 Å². The van der Waals surface area contributed by atoms with E-state index in [9.17, 15) is 4.79 Å². The highest BCUT2D eigenvalue weighted by molar-refractivity contribution is 5.77. The van der Waals surface area contributed by atoms with Crippen LogP contribution in [0.25, 0.3) is 0 Å². The van der Waals surface area contributed by atoms with E-state index in [0.29, 0.717) is 12.6 Å². The molecule has 5 fully saturated rings. The summed E-state index contributed by atoms with van der Waals surface area (Å²) >= 11 is 0. The fraction of sp³-hybridized carbons (Fsp3) is 0.938. The summed E-state index contributed by atoms with van der Waals surface area (Å²) in [6.07, 6.45) is 6.99. The summed E-state index contributed by atoms with van der Waals surface area (Å²) in [4.78, 5) is 13.7. The molecule has 0 unspecified atom stereocenters. The molecule has 0 radical (unpaired) electrons. The van der Waals surface area contributed by atoms with Crippen molar-refractivity contribution in [3.8, 4) is 0 Å². The lowest BCUT2D eigenvalue weighted by Gasteiger charge is -2.54. The van der Waals surface area contributed by atoms with E-state index in [1.807, 2.05) is 0 Å². The Morgan fingerprint density at radius 1 is 1.00 bits per heavy atom. The normalized spacial score (nSPS) is 43.7. The Morgan fingerprint density at radius 3 is 2.20 bits per heavy atom. The van der Waals surface area contributed by atoms with E-state index in [1.54, 1.807) is 0 Å². The lowest BCUT2D eigenvalue weighted by molar-refractivity contribution is -0.900. The summed E-state index contributed by atoms with van der Waals surface area (Å²) in [5.74, 6) is 3.81. The SMILES string of the molecule is O=C(C[NH+]1CCOCC1)NC1C2CC3CC(C2)CC1C3. The minimum atomic E-state index is 0.277. The first kappa shape index (κ1) is 13.1. The number of quaternary nitrogens is 1. The molecule has 5 rings (SSSR count). The van der Waals surface area contributed by atoms with Crippen molar-refractivity contribution in [3.05, 3.63) is 0 Å². The number of hydrogen-bond donors (Lipinski definition) is 2. The zero-order chi connectivity index (χ0) is 13.5. The predicted molar refractivity (Wildman–Crippen MR) is 75.4 cm³/mol. The third-order valence-corrected chi connectivity index (χ3v) is 6.16. The summed E-state index contributed by atoms with van der Waals surface area (Å²) < 4.78 is 5.36. The number of carbonyl (C=O) groups excluding carboxylic acids is 1. The highest BCUT2D eigenvalue weighted by Crippen LogP contribution is 2.53. The van der Waals surface area contributed by atoms with Crippen molar-refractivity contribution in [3.63, 3.8) is 0 Å². The second-order valence-electron chi connectivity index (χ2n) is 7.56. The van der Waals surface area contributed by atoms with E-state index in [2.05, 4.69) is 5.32 Å². The molecule has 1 saturated heterocycles. The molecule has 1 aliphatic heterocycles. The number of hydrogen-bond acceptors (Lipinski definition) is 2. The zero-order valence-electron chi connectivity index (χ0n) is 12.3. The van der Waals surface area contributed by atoms with Crippen LogP contribution in [0.4, 0.5) is 0 Å². The second-order valence-corrected chi connectivity index (χ2v) is 7.56. The molecule has 0 spiro atoms. The molecular weight excluding hydrogens is 252 g/mol. The lowest BCUT2D eigenvalue weighted by atomic mass is 9.54. The lowest BCUT2D eigenvalue weighted by Crippen LogP contribution is -3.15. The Kier molecular flexibility index (Phi) is 3.47. The average Bonchev–Trinajstić information content (AvgIpc) is 2.43. The van der Waals surface area contributed by atoms with E-state index >= 15 is 0 Å². The first-order chi connectivity index (χ1) is 9.78. The van der Waals surface area contributed by atoms with Gasteiger partial charge in [-0.3, -0.25) is 4.79 Å². The van der Waals surface area contributed by atoms with Gasteiger partial charge in [0.1, 0.15) is 13.1 Å². The molecule has 4 bridgehead atoms. The number of ether oxygens (including phenoxy) is 1. The molecule has 2 N–H and O–H groups in total. The fourth-order valence-electron chi connectivity index (χ4n) is 5.46. The highest BCUT2D eigenvalue weighted by atomic mass is 16.5. The minimum absolute atomic E-state index is 0.277. The number of carbonyl (C=O) groups is 1. The summed E-state index contributed by atoms with van der Waals surface area (Å²) in [5, 5.41) is 3.41. The Balaban J connectivity index is 1.33. The molecule has 0 aromatic carbocycles.